The van der Waals surface area contributed by atoms with E-state index in [1.807, 2.05) is 6.07 Å². The predicted octanol–water partition coefficient (Wildman–Crippen LogP) is 1.94. The van der Waals surface area contributed by atoms with Crippen LogP contribution in [0.25, 0.3) is 6.08 Å². The number of benzene rings is 1. The van der Waals surface area contributed by atoms with Crippen LogP contribution in [0.1, 0.15) is 11.1 Å². The van der Waals surface area contributed by atoms with Crippen molar-refractivity contribution in [2.24, 2.45) is 0 Å². The third-order valence-corrected chi connectivity index (χ3v) is 1.77. The third kappa shape index (κ3) is 1.79. The molecule has 0 spiro atoms. The van der Waals surface area contributed by atoms with E-state index in [0.717, 1.165) is 0 Å². The van der Waals surface area contributed by atoms with Gasteiger partial charge in [0.05, 0.1) is 6.07 Å². The lowest BCUT2D eigenvalue weighted by atomic mass is 10.1. The monoisotopic (exact) mass is 175 g/mol. The van der Waals surface area contributed by atoms with Gasteiger partial charge in [0.1, 0.15) is 11.5 Å². The van der Waals surface area contributed by atoms with E-state index in [1.165, 1.54) is 18.2 Å². The van der Waals surface area contributed by atoms with Crippen LogP contribution in [0.4, 0.5) is 0 Å². The summed E-state index contributed by atoms with van der Waals surface area (Å²) in [6.45, 7) is 1.61. The van der Waals surface area contributed by atoms with Crippen molar-refractivity contribution in [1.82, 2.24) is 0 Å². The molecular weight excluding hydrogens is 166 g/mol. The zero-order chi connectivity index (χ0) is 9.84. The van der Waals surface area contributed by atoms with Crippen LogP contribution in [0.3, 0.4) is 0 Å². The maximum Gasteiger partial charge on any atom is 0.129 e. The lowest BCUT2D eigenvalue weighted by Crippen LogP contribution is -1.80. The van der Waals surface area contributed by atoms with Gasteiger partial charge in [-0.1, -0.05) is 0 Å². The van der Waals surface area contributed by atoms with Crippen molar-refractivity contribution >= 4 is 6.08 Å². The molecule has 1 aromatic rings. The summed E-state index contributed by atoms with van der Waals surface area (Å²) in [5.74, 6) is 0.0538. The molecule has 1 aromatic carbocycles. The van der Waals surface area contributed by atoms with Crippen LogP contribution in [0.2, 0.25) is 0 Å². The van der Waals surface area contributed by atoms with E-state index < -0.39 is 0 Å². The number of nitriles is 1. The van der Waals surface area contributed by atoms with Crippen LogP contribution in [0, 0.1) is 18.3 Å². The molecule has 0 atom stereocenters. The molecule has 1 rings (SSSR count). The van der Waals surface area contributed by atoms with Crippen molar-refractivity contribution in [2.45, 2.75) is 6.92 Å². The number of phenolic OH excluding ortho intramolecular Hbond substituents is 2. The fourth-order valence-electron chi connectivity index (χ4n) is 0.972. The quantitative estimate of drug-likeness (QED) is 0.641. The molecule has 0 aliphatic rings. The average molecular weight is 175 g/mol. The Balaban J connectivity index is 3.20. The summed E-state index contributed by atoms with van der Waals surface area (Å²) in [6, 6.07) is 4.85. The number of phenols is 2. The van der Waals surface area contributed by atoms with Crippen LogP contribution >= 0.6 is 0 Å². The summed E-state index contributed by atoms with van der Waals surface area (Å²) in [4.78, 5) is 0. The van der Waals surface area contributed by atoms with Crippen LogP contribution in [-0.4, -0.2) is 10.2 Å². The second kappa shape index (κ2) is 3.63. The van der Waals surface area contributed by atoms with E-state index >= 15 is 0 Å². The van der Waals surface area contributed by atoms with E-state index in [1.54, 1.807) is 13.0 Å². The molecule has 66 valence electrons. The maximum atomic E-state index is 9.48. The first kappa shape index (κ1) is 9.14. The number of allylic oxidation sites excluding steroid dienone is 1. The van der Waals surface area contributed by atoms with Crippen LogP contribution < -0.4 is 0 Å². The first-order valence-corrected chi connectivity index (χ1v) is 3.74. The summed E-state index contributed by atoms with van der Waals surface area (Å²) in [7, 11) is 0. The van der Waals surface area contributed by atoms with Gasteiger partial charge in [0.2, 0.25) is 0 Å². The minimum Gasteiger partial charge on any atom is -0.508 e. The van der Waals surface area contributed by atoms with Gasteiger partial charge in [-0.15, -0.1) is 0 Å². The zero-order valence-electron chi connectivity index (χ0n) is 7.15. The summed E-state index contributed by atoms with van der Waals surface area (Å²) in [6.07, 6.45) is 2.76. The SMILES string of the molecule is Cc1c(O)ccc(C=CC#N)c1O. The van der Waals surface area contributed by atoms with E-state index in [2.05, 4.69) is 0 Å². The molecule has 0 bridgehead atoms. The molecule has 0 saturated heterocycles. The molecule has 0 radical (unpaired) electrons. The smallest absolute Gasteiger partial charge is 0.129 e. The normalized spacial score (nSPS) is 10.2. The van der Waals surface area contributed by atoms with Gasteiger partial charge in [0, 0.05) is 17.2 Å². The van der Waals surface area contributed by atoms with E-state index in [9.17, 15) is 10.2 Å². The van der Waals surface area contributed by atoms with Gasteiger partial charge in [-0.3, -0.25) is 0 Å². The second-order valence-electron chi connectivity index (χ2n) is 2.61. The number of nitrogens with zero attached hydrogens (tertiary/aromatic N) is 1. The Morgan fingerprint density at radius 1 is 1.38 bits per heavy atom. The average Bonchev–Trinajstić information content (AvgIpc) is 2.13. The number of hydrogen-bond acceptors (Lipinski definition) is 3. The first-order valence-electron chi connectivity index (χ1n) is 3.74. The highest BCUT2D eigenvalue weighted by Gasteiger charge is 2.04. The summed E-state index contributed by atoms with van der Waals surface area (Å²) in [5.41, 5.74) is 0.942. The molecular formula is C10H9NO2. The zero-order valence-corrected chi connectivity index (χ0v) is 7.15. The van der Waals surface area contributed by atoms with Crippen molar-refractivity contribution in [3.8, 4) is 17.6 Å². The van der Waals surface area contributed by atoms with Gasteiger partial charge in [0.25, 0.3) is 0 Å². The number of hydrogen-bond donors (Lipinski definition) is 2. The molecule has 3 heteroatoms. The lowest BCUT2D eigenvalue weighted by Gasteiger charge is -2.04. The molecule has 0 saturated carbocycles. The summed E-state index contributed by atoms with van der Waals surface area (Å²) >= 11 is 0. The Labute approximate surface area is 76.2 Å². The molecule has 0 fully saturated rings. The molecule has 0 aliphatic carbocycles. The van der Waals surface area contributed by atoms with Crippen molar-refractivity contribution < 1.29 is 10.2 Å². The molecule has 0 aromatic heterocycles. The van der Waals surface area contributed by atoms with E-state index in [4.69, 9.17) is 5.26 Å². The Bertz CT molecular complexity index is 389. The van der Waals surface area contributed by atoms with Gasteiger partial charge >= 0.3 is 0 Å². The highest BCUT2D eigenvalue weighted by Crippen LogP contribution is 2.29. The highest BCUT2D eigenvalue weighted by molar-refractivity contribution is 5.63. The first-order chi connectivity index (χ1) is 6.16. The van der Waals surface area contributed by atoms with Gasteiger partial charge in [-0.2, -0.15) is 5.26 Å². The van der Waals surface area contributed by atoms with Gasteiger partial charge in [0.15, 0.2) is 0 Å². The molecule has 0 unspecified atom stereocenters. The van der Waals surface area contributed by atoms with Crippen LogP contribution in [0.5, 0.6) is 11.5 Å². The van der Waals surface area contributed by atoms with Gasteiger partial charge in [-0.05, 0) is 25.1 Å². The fraction of sp³-hybridized carbons (Fsp3) is 0.100. The molecule has 13 heavy (non-hydrogen) atoms. The Morgan fingerprint density at radius 2 is 2.08 bits per heavy atom. The highest BCUT2D eigenvalue weighted by atomic mass is 16.3. The standard InChI is InChI=1S/C10H9NO2/c1-7-9(12)5-4-8(10(7)13)3-2-6-11/h2-5,12-13H,1H3. The van der Waals surface area contributed by atoms with E-state index in [-0.39, 0.29) is 11.5 Å². The lowest BCUT2D eigenvalue weighted by molar-refractivity contribution is 0.442. The van der Waals surface area contributed by atoms with Crippen molar-refractivity contribution in [3.63, 3.8) is 0 Å². The van der Waals surface area contributed by atoms with Crippen LogP contribution in [0.15, 0.2) is 18.2 Å². The largest absolute Gasteiger partial charge is 0.508 e. The van der Waals surface area contributed by atoms with Crippen LogP contribution in [-0.2, 0) is 0 Å². The van der Waals surface area contributed by atoms with E-state index in [0.29, 0.717) is 11.1 Å². The topological polar surface area (TPSA) is 64.2 Å². The van der Waals surface area contributed by atoms with Crippen molar-refractivity contribution in [1.29, 1.82) is 5.26 Å². The van der Waals surface area contributed by atoms with Crippen molar-refractivity contribution in [3.05, 3.63) is 29.3 Å². The fourth-order valence-corrected chi connectivity index (χ4v) is 0.972. The van der Waals surface area contributed by atoms with Gasteiger partial charge < -0.3 is 10.2 Å². The molecule has 0 aliphatic heterocycles. The number of rotatable bonds is 1. The Hall–Kier alpha value is -1.95. The minimum atomic E-state index is 0.00602. The van der Waals surface area contributed by atoms with Crippen molar-refractivity contribution in [2.75, 3.05) is 0 Å². The third-order valence-electron chi connectivity index (χ3n) is 1.77. The maximum absolute atomic E-state index is 9.48. The molecule has 3 nitrogen and oxygen atoms in total. The Kier molecular flexibility index (Phi) is 2.56. The minimum absolute atomic E-state index is 0.00602. The number of aromatic hydroxyl groups is 2. The second-order valence-corrected chi connectivity index (χ2v) is 2.61. The predicted molar refractivity (Wildman–Crippen MR) is 49.2 cm³/mol. The Morgan fingerprint density at radius 3 is 2.69 bits per heavy atom. The molecule has 2 N–H and O–H groups in total. The molecule has 0 amide bonds. The van der Waals surface area contributed by atoms with Gasteiger partial charge in [-0.25, -0.2) is 0 Å². The summed E-state index contributed by atoms with van der Waals surface area (Å²) < 4.78 is 0. The summed E-state index contributed by atoms with van der Waals surface area (Å²) in [5, 5.41) is 27.0. The molecule has 0 heterocycles.